The zero-order valence-electron chi connectivity index (χ0n) is 9.58. The van der Waals surface area contributed by atoms with Gasteiger partial charge < -0.3 is 10.1 Å². The van der Waals surface area contributed by atoms with Crippen LogP contribution in [0, 0.1) is 6.92 Å². The molecule has 88 valence electrons. The topological polar surface area (TPSA) is 85.1 Å². The Bertz CT molecular complexity index is 375. The highest BCUT2D eigenvalue weighted by Crippen LogP contribution is 2.23. The molecule has 6 heteroatoms. The molecule has 0 bridgehead atoms. The third kappa shape index (κ3) is 2.40. The van der Waals surface area contributed by atoms with Gasteiger partial charge in [-0.05, 0) is 20.3 Å². The van der Waals surface area contributed by atoms with E-state index in [0.29, 0.717) is 12.6 Å². The number of nitrogens with one attached hydrogen (secondary N) is 2. The first kappa shape index (κ1) is 11.1. The number of aromatic nitrogens is 2. The van der Waals surface area contributed by atoms with Crippen LogP contribution in [0.4, 0.5) is 11.8 Å². The molecular weight excluding hydrogens is 206 g/mol. The van der Waals surface area contributed by atoms with E-state index < -0.39 is 0 Å². The van der Waals surface area contributed by atoms with Gasteiger partial charge in [-0.15, -0.1) is 0 Å². The lowest BCUT2D eigenvalue weighted by Gasteiger charge is -2.24. The highest BCUT2D eigenvalue weighted by molar-refractivity contribution is 5.43. The molecule has 6 nitrogen and oxygen atoms in total. The van der Waals surface area contributed by atoms with Gasteiger partial charge in [0.2, 0.25) is 5.95 Å². The smallest absolute Gasteiger partial charge is 0.239 e. The molecule has 2 rings (SSSR count). The number of nitrogens with two attached hydrogens (primary N) is 1. The van der Waals surface area contributed by atoms with E-state index >= 15 is 0 Å². The number of hydrogen-bond donors (Lipinski definition) is 3. The minimum absolute atomic E-state index is 0.0489. The van der Waals surface area contributed by atoms with Crippen molar-refractivity contribution in [2.24, 2.45) is 5.84 Å². The van der Waals surface area contributed by atoms with Crippen LogP contribution in [0.5, 0.6) is 0 Å². The quantitative estimate of drug-likeness (QED) is 0.515. The first-order valence-corrected chi connectivity index (χ1v) is 5.29. The first-order chi connectivity index (χ1) is 7.61. The summed E-state index contributed by atoms with van der Waals surface area (Å²) < 4.78 is 5.37. The van der Waals surface area contributed by atoms with Crippen molar-refractivity contribution >= 4 is 11.8 Å². The van der Waals surface area contributed by atoms with Crippen molar-refractivity contribution in [2.45, 2.75) is 25.8 Å². The molecule has 1 fully saturated rings. The lowest BCUT2D eigenvalue weighted by atomic mass is 10.0. The molecule has 0 amide bonds. The number of hydrogen-bond acceptors (Lipinski definition) is 6. The number of aryl methyl sites for hydroxylation is 1. The van der Waals surface area contributed by atoms with E-state index in [-0.39, 0.29) is 5.54 Å². The van der Waals surface area contributed by atoms with E-state index in [1.807, 2.05) is 13.0 Å². The zero-order chi connectivity index (χ0) is 11.6. The van der Waals surface area contributed by atoms with Gasteiger partial charge in [-0.3, -0.25) is 5.43 Å². The van der Waals surface area contributed by atoms with E-state index in [2.05, 4.69) is 27.6 Å². The average Bonchev–Trinajstić information content (AvgIpc) is 2.63. The third-order valence-corrected chi connectivity index (χ3v) is 2.63. The molecule has 0 radical (unpaired) electrons. The largest absolute Gasteiger partial charge is 0.379 e. The Morgan fingerprint density at radius 3 is 2.94 bits per heavy atom. The fourth-order valence-electron chi connectivity index (χ4n) is 1.77. The summed E-state index contributed by atoms with van der Waals surface area (Å²) in [5, 5.41) is 3.36. The lowest BCUT2D eigenvalue weighted by molar-refractivity contribution is 0.185. The van der Waals surface area contributed by atoms with Crippen molar-refractivity contribution in [3.8, 4) is 0 Å². The van der Waals surface area contributed by atoms with Crippen molar-refractivity contribution < 1.29 is 4.74 Å². The standard InChI is InChI=1S/C10H17N5O/c1-7-5-8(13-9(12-7)15-11)14-10(2)3-4-16-6-10/h5H,3-4,6,11H2,1-2H3,(H2,12,13,14,15). The van der Waals surface area contributed by atoms with Gasteiger partial charge in [0, 0.05) is 18.4 Å². The van der Waals surface area contributed by atoms with E-state index in [0.717, 1.165) is 24.5 Å². The van der Waals surface area contributed by atoms with Crippen molar-refractivity contribution in [1.82, 2.24) is 9.97 Å². The van der Waals surface area contributed by atoms with E-state index in [9.17, 15) is 0 Å². The van der Waals surface area contributed by atoms with Gasteiger partial charge in [0.05, 0.1) is 12.1 Å². The number of rotatable bonds is 3. The number of nitrogens with zero attached hydrogens (tertiary/aromatic N) is 2. The fraction of sp³-hybridized carbons (Fsp3) is 0.600. The van der Waals surface area contributed by atoms with Crippen molar-refractivity contribution in [1.29, 1.82) is 0 Å². The van der Waals surface area contributed by atoms with Crippen molar-refractivity contribution in [3.05, 3.63) is 11.8 Å². The molecule has 1 unspecified atom stereocenters. The van der Waals surface area contributed by atoms with Gasteiger partial charge in [-0.2, -0.15) is 4.98 Å². The lowest BCUT2D eigenvalue weighted by Crippen LogP contribution is -2.35. The summed E-state index contributed by atoms with van der Waals surface area (Å²) in [6, 6.07) is 1.89. The fourth-order valence-corrected chi connectivity index (χ4v) is 1.77. The van der Waals surface area contributed by atoms with Crippen LogP contribution in [-0.4, -0.2) is 28.7 Å². The monoisotopic (exact) mass is 223 g/mol. The number of hydrazine groups is 1. The molecule has 1 aromatic rings. The number of ether oxygens (including phenoxy) is 1. The minimum atomic E-state index is -0.0489. The van der Waals surface area contributed by atoms with E-state index in [4.69, 9.17) is 10.6 Å². The van der Waals surface area contributed by atoms with Gasteiger partial charge in [-0.1, -0.05) is 0 Å². The number of anilines is 2. The Morgan fingerprint density at radius 2 is 2.31 bits per heavy atom. The van der Waals surface area contributed by atoms with Gasteiger partial charge in [0.1, 0.15) is 5.82 Å². The van der Waals surface area contributed by atoms with Gasteiger partial charge in [0.25, 0.3) is 0 Å². The molecule has 0 aliphatic carbocycles. The highest BCUT2D eigenvalue weighted by atomic mass is 16.5. The first-order valence-electron chi connectivity index (χ1n) is 5.29. The summed E-state index contributed by atoms with van der Waals surface area (Å²) in [7, 11) is 0. The molecule has 0 saturated carbocycles. The minimum Gasteiger partial charge on any atom is -0.379 e. The van der Waals surface area contributed by atoms with Crippen LogP contribution >= 0.6 is 0 Å². The summed E-state index contributed by atoms with van der Waals surface area (Å²) in [5.41, 5.74) is 3.27. The van der Waals surface area contributed by atoms with Gasteiger partial charge in [0.15, 0.2) is 0 Å². The molecule has 2 heterocycles. The Morgan fingerprint density at radius 1 is 1.50 bits per heavy atom. The van der Waals surface area contributed by atoms with Crippen molar-refractivity contribution in [3.63, 3.8) is 0 Å². The second-order valence-electron chi connectivity index (χ2n) is 4.35. The molecule has 0 aromatic carbocycles. The van der Waals surface area contributed by atoms with Crippen LogP contribution in [0.2, 0.25) is 0 Å². The molecular formula is C10H17N5O. The Hall–Kier alpha value is -1.40. The van der Waals surface area contributed by atoms with Crippen LogP contribution < -0.4 is 16.6 Å². The molecule has 0 spiro atoms. The normalized spacial score (nSPS) is 24.4. The second kappa shape index (κ2) is 4.23. The van der Waals surface area contributed by atoms with Gasteiger partial charge in [-0.25, -0.2) is 10.8 Å². The summed E-state index contributed by atoms with van der Waals surface area (Å²) in [5.74, 6) is 6.49. The molecule has 4 N–H and O–H groups in total. The molecule has 1 aromatic heterocycles. The summed E-state index contributed by atoms with van der Waals surface area (Å²) >= 11 is 0. The maximum Gasteiger partial charge on any atom is 0.239 e. The maximum atomic E-state index is 5.37. The molecule has 1 aliphatic rings. The SMILES string of the molecule is Cc1cc(NC2(C)CCOC2)nc(NN)n1. The molecule has 1 saturated heterocycles. The molecule has 1 atom stereocenters. The third-order valence-electron chi connectivity index (χ3n) is 2.63. The highest BCUT2D eigenvalue weighted by Gasteiger charge is 2.29. The van der Waals surface area contributed by atoms with Crippen LogP contribution in [0.1, 0.15) is 19.0 Å². The molecule has 1 aliphatic heterocycles. The second-order valence-corrected chi connectivity index (χ2v) is 4.35. The summed E-state index contributed by atoms with van der Waals surface area (Å²) in [6.45, 7) is 5.51. The summed E-state index contributed by atoms with van der Waals surface area (Å²) in [4.78, 5) is 8.38. The van der Waals surface area contributed by atoms with Gasteiger partial charge >= 0.3 is 0 Å². The Kier molecular flexibility index (Phi) is 2.93. The summed E-state index contributed by atoms with van der Waals surface area (Å²) in [6.07, 6.45) is 0.974. The van der Waals surface area contributed by atoms with Crippen LogP contribution in [0.25, 0.3) is 0 Å². The predicted molar refractivity (Wildman–Crippen MR) is 62.0 cm³/mol. The van der Waals surface area contributed by atoms with E-state index in [1.54, 1.807) is 0 Å². The predicted octanol–water partition coefficient (Wildman–Crippen LogP) is 0.662. The number of nitrogen functional groups attached to an aromatic ring is 1. The zero-order valence-corrected chi connectivity index (χ0v) is 9.58. The Labute approximate surface area is 94.6 Å². The van der Waals surface area contributed by atoms with Crippen LogP contribution in [0.3, 0.4) is 0 Å². The Balaban J connectivity index is 2.17. The van der Waals surface area contributed by atoms with Crippen LogP contribution in [-0.2, 0) is 4.74 Å². The maximum absolute atomic E-state index is 5.37. The van der Waals surface area contributed by atoms with E-state index in [1.165, 1.54) is 0 Å². The van der Waals surface area contributed by atoms with Crippen molar-refractivity contribution in [2.75, 3.05) is 24.0 Å². The molecule has 16 heavy (non-hydrogen) atoms. The van der Waals surface area contributed by atoms with Crippen LogP contribution in [0.15, 0.2) is 6.07 Å². The average molecular weight is 223 g/mol.